The molecule has 18 unspecified atom stereocenters. The van der Waals surface area contributed by atoms with E-state index >= 15 is 0 Å². The maximum atomic E-state index is 13.5. The van der Waals surface area contributed by atoms with Gasteiger partial charge in [0.15, 0.2) is 12.6 Å². The molecule has 99 heavy (non-hydrogen) atoms. The van der Waals surface area contributed by atoms with Gasteiger partial charge in [0.05, 0.1) is 50.7 Å². The number of carboxylic acids is 1. The number of allylic oxidation sites excluding steroid dienone is 4. The Morgan fingerprint density at radius 2 is 0.970 bits per heavy atom. The lowest BCUT2D eigenvalue weighted by Gasteiger charge is -2.50. The normalized spacial score (nSPS) is 27.2. The van der Waals surface area contributed by atoms with Crippen molar-refractivity contribution in [3.05, 3.63) is 24.3 Å². The number of amides is 2. The summed E-state index contributed by atoms with van der Waals surface area (Å²) in [5, 5.41) is 136. The summed E-state index contributed by atoms with van der Waals surface area (Å²) in [5.74, 6) is -6.10. The van der Waals surface area contributed by atoms with Gasteiger partial charge in [-0.25, -0.2) is 4.79 Å². The standard InChI is InChI=1S/C76H140N2O21/c1-4-6-8-10-12-14-16-17-18-19-20-21-22-23-24-25-26-27-28-29-30-31-32-33-34-35-36-37-38-39-40-42-44-46-48-50-63(86)78-57(58(83)49-47-45-43-41-15-13-11-9-7-5-2)55-94-73-68(90)67(89)70(62(54-81)96-73)97-74-69(91)72(66(88)61(53-80)95-74)99-76(75(92)93)51-59(84)64(77-56(3)82)71(98-76)65(87)60(85)52-79/h22-23,25-26,57-62,64-74,79-81,83-85,87-91H,4-21,24,27-55H2,1-3H3,(H,77,82)(H,78,86)(H,92,93)/b23-22-,26-25-. The molecule has 3 fully saturated rings. The van der Waals surface area contributed by atoms with Crippen LogP contribution in [-0.4, -0.2) is 215 Å². The molecule has 14 N–H and O–H groups in total. The van der Waals surface area contributed by atoms with Crippen LogP contribution in [0.2, 0.25) is 0 Å². The van der Waals surface area contributed by atoms with Crippen molar-refractivity contribution >= 4 is 17.8 Å². The minimum absolute atomic E-state index is 0.225. The van der Waals surface area contributed by atoms with Gasteiger partial charge in [-0.2, -0.15) is 0 Å². The number of hydrogen-bond donors (Lipinski definition) is 14. The highest BCUT2D eigenvalue weighted by Crippen LogP contribution is 2.39. The average molecular weight is 1420 g/mol. The number of carboxylic acid groups (broad SMARTS) is 1. The predicted molar refractivity (Wildman–Crippen MR) is 380 cm³/mol. The zero-order valence-electron chi connectivity index (χ0n) is 61.1. The molecule has 23 heteroatoms. The molecule has 580 valence electrons. The predicted octanol–water partition coefficient (Wildman–Crippen LogP) is 9.57. The van der Waals surface area contributed by atoms with E-state index in [0.29, 0.717) is 19.3 Å². The van der Waals surface area contributed by atoms with E-state index in [1.165, 1.54) is 193 Å². The summed E-state index contributed by atoms with van der Waals surface area (Å²) in [6.45, 7) is 2.20. The number of rotatable bonds is 61. The van der Waals surface area contributed by atoms with Crippen LogP contribution in [0.1, 0.15) is 303 Å². The highest BCUT2D eigenvalue weighted by Gasteiger charge is 2.60. The van der Waals surface area contributed by atoms with Crippen LogP contribution in [0.4, 0.5) is 0 Å². The van der Waals surface area contributed by atoms with Crippen molar-refractivity contribution in [2.24, 2.45) is 0 Å². The first-order valence-electron chi connectivity index (χ1n) is 39.2. The molecule has 3 saturated heterocycles. The second-order valence-corrected chi connectivity index (χ2v) is 28.6. The fraction of sp³-hybridized carbons (Fsp3) is 0.908. The number of nitrogens with one attached hydrogen (secondary N) is 2. The van der Waals surface area contributed by atoms with Gasteiger partial charge < -0.3 is 100 Å². The van der Waals surface area contributed by atoms with E-state index in [1.807, 2.05) is 0 Å². The monoisotopic (exact) mass is 1420 g/mol. The minimum atomic E-state index is -3.08. The van der Waals surface area contributed by atoms with Crippen LogP contribution in [-0.2, 0) is 42.8 Å². The first-order valence-corrected chi connectivity index (χ1v) is 39.2. The van der Waals surface area contributed by atoms with E-state index in [1.54, 1.807) is 0 Å². The van der Waals surface area contributed by atoms with Gasteiger partial charge in [-0.3, -0.25) is 9.59 Å². The molecule has 3 aliphatic rings. The van der Waals surface area contributed by atoms with Crippen LogP contribution in [0, 0.1) is 0 Å². The summed E-state index contributed by atoms with van der Waals surface area (Å²) in [6.07, 6.45) is 30.9. The van der Waals surface area contributed by atoms with Crippen molar-refractivity contribution in [1.29, 1.82) is 0 Å². The van der Waals surface area contributed by atoms with Crippen molar-refractivity contribution in [1.82, 2.24) is 10.6 Å². The van der Waals surface area contributed by atoms with Crippen LogP contribution >= 0.6 is 0 Å². The Kier molecular flexibility index (Phi) is 50.8. The number of unbranched alkanes of at least 4 members (excludes halogenated alkanes) is 37. The summed E-state index contributed by atoms with van der Waals surface area (Å²) in [4.78, 5) is 38.6. The molecule has 3 rings (SSSR count). The molecule has 0 aliphatic carbocycles. The third-order valence-electron chi connectivity index (χ3n) is 19.9. The molecule has 0 saturated carbocycles. The van der Waals surface area contributed by atoms with E-state index in [4.69, 9.17) is 28.4 Å². The Morgan fingerprint density at radius 1 is 0.525 bits per heavy atom. The minimum Gasteiger partial charge on any atom is -0.477 e. The highest BCUT2D eigenvalue weighted by atomic mass is 16.8. The van der Waals surface area contributed by atoms with Gasteiger partial charge in [0.25, 0.3) is 5.79 Å². The molecule has 0 spiro atoms. The summed E-state index contributed by atoms with van der Waals surface area (Å²) >= 11 is 0. The molecule has 0 aromatic heterocycles. The summed E-state index contributed by atoms with van der Waals surface area (Å²) in [7, 11) is 0. The van der Waals surface area contributed by atoms with Gasteiger partial charge in [0, 0.05) is 19.8 Å². The third-order valence-corrected chi connectivity index (χ3v) is 19.9. The molecule has 18 atom stereocenters. The van der Waals surface area contributed by atoms with Crippen LogP contribution in [0.3, 0.4) is 0 Å². The molecule has 3 aliphatic heterocycles. The van der Waals surface area contributed by atoms with Gasteiger partial charge in [0.2, 0.25) is 11.8 Å². The van der Waals surface area contributed by atoms with Crippen molar-refractivity contribution in [2.75, 3.05) is 26.4 Å². The molecule has 23 nitrogen and oxygen atoms in total. The lowest BCUT2D eigenvalue weighted by atomic mass is 9.88. The second-order valence-electron chi connectivity index (χ2n) is 28.6. The zero-order valence-corrected chi connectivity index (χ0v) is 61.1. The lowest BCUT2D eigenvalue weighted by Crippen LogP contribution is -2.70. The van der Waals surface area contributed by atoms with Gasteiger partial charge >= 0.3 is 5.97 Å². The Bertz CT molecular complexity index is 2080. The van der Waals surface area contributed by atoms with Crippen molar-refractivity contribution in [2.45, 2.75) is 413 Å². The molecule has 0 aromatic rings. The van der Waals surface area contributed by atoms with Gasteiger partial charge in [-0.15, -0.1) is 0 Å². The van der Waals surface area contributed by atoms with Crippen LogP contribution in [0.15, 0.2) is 24.3 Å². The van der Waals surface area contributed by atoms with E-state index in [-0.39, 0.29) is 18.9 Å². The Balaban J connectivity index is 1.41. The smallest absolute Gasteiger partial charge is 0.364 e. The molecular weight excluding hydrogens is 1280 g/mol. The van der Waals surface area contributed by atoms with Gasteiger partial charge in [0.1, 0.15) is 67.1 Å². The van der Waals surface area contributed by atoms with E-state index in [2.05, 4.69) is 48.8 Å². The fourth-order valence-electron chi connectivity index (χ4n) is 13.7. The van der Waals surface area contributed by atoms with Gasteiger partial charge in [-0.1, -0.05) is 263 Å². The SMILES string of the molecule is CCCCCCCCCCCCC/C=C\C/C=C\CCCCCCCCCCCCCCCCCCCC(=O)NC(COC1OC(CO)C(OC2OC(CO)C(O)C(OC3(C(=O)O)CC(O)C(NC(C)=O)C(C(O)C(O)CO)O3)C2O)C(O)C1O)C(O)CCCCCCCCCCCC. The van der Waals surface area contributed by atoms with Crippen molar-refractivity contribution < 1.29 is 104 Å². The first kappa shape index (κ1) is 90.4. The highest BCUT2D eigenvalue weighted by molar-refractivity contribution is 5.77. The quantitative estimate of drug-likeness (QED) is 0.0199. The van der Waals surface area contributed by atoms with Crippen LogP contribution in [0.5, 0.6) is 0 Å². The number of carbonyl (C=O) groups is 3. The third kappa shape index (κ3) is 36.7. The number of carbonyl (C=O) groups excluding carboxylic acids is 2. The van der Waals surface area contributed by atoms with E-state index in [0.717, 1.165) is 64.7 Å². The largest absolute Gasteiger partial charge is 0.477 e. The Labute approximate surface area is 594 Å². The van der Waals surface area contributed by atoms with Crippen LogP contribution in [0.25, 0.3) is 0 Å². The maximum absolute atomic E-state index is 13.5. The number of hydrogen-bond acceptors (Lipinski definition) is 20. The molecule has 2 amide bonds. The van der Waals surface area contributed by atoms with E-state index < -0.39 is 148 Å². The molecular formula is C76H140N2O21. The van der Waals surface area contributed by atoms with E-state index in [9.17, 15) is 75.7 Å². The van der Waals surface area contributed by atoms with Gasteiger partial charge in [-0.05, 0) is 44.9 Å². The van der Waals surface area contributed by atoms with Crippen molar-refractivity contribution in [3.8, 4) is 0 Å². The second kappa shape index (κ2) is 55.7. The summed E-state index contributed by atoms with van der Waals surface area (Å²) < 4.78 is 34.8. The zero-order chi connectivity index (χ0) is 72.5. The Morgan fingerprint density at radius 3 is 1.41 bits per heavy atom. The number of ether oxygens (including phenoxy) is 6. The summed E-state index contributed by atoms with van der Waals surface area (Å²) in [5.41, 5.74) is 0. The fourth-order valence-corrected chi connectivity index (χ4v) is 13.7. The molecule has 0 aromatic carbocycles. The van der Waals surface area contributed by atoms with Crippen LogP contribution < -0.4 is 10.6 Å². The number of aliphatic carboxylic acids is 1. The number of aliphatic hydroxyl groups is 11. The summed E-state index contributed by atoms with van der Waals surface area (Å²) in [6, 6.07) is -2.53. The molecule has 0 bridgehead atoms. The maximum Gasteiger partial charge on any atom is 0.364 e. The Hall–Kier alpha value is -2.79. The first-order chi connectivity index (χ1) is 47.9. The lowest BCUT2D eigenvalue weighted by molar-refractivity contribution is -0.386. The number of aliphatic hydroxyl groups excluding tert-OH is 11. The molecule has 0 radical (unpaired) electrons. The molecule has 3 heterocycles. The average Bonchev–Trinajstić information content (AvgIpc) is 0.757. The van der Waals surface area contributed by atoms with Crippen molar-refractivity contribution in [3.63, 3.8) is 0 Å². The topological polar surface area (TPSA) is 373 Å².